The van der Waals surface area contributed by atoms with Gasteiger partial charge in [-0.05, 0) is 56.8 Å². The Balaban J connectivity index is 1.39. The highest BCUT2D eigenvalue weighted by atomic mass is 16.2. The summed E-state index contributed by atoms with van der Waals surface area (Å²) in [6, 6.07) is 0.522. The zero-order chi connectivity index (χ0) is 19.2. The molecule has 0 unspecified atom stereocenters. The molecule has 0 saturated heterocycles. The van der Waals surface area contributed by atoms with Crippen LogP contribution >= 0.6 is 0 Å². The molecule has 0 radical (unpaired) electrons. The van der Waals surface area contributed by atoms with Crippen molar-refractivity contribution in [3.8, 4) is 0 Å². The Hall–Kier alpha value is -1.79. The van der Waals surface area contributed by atoms with Crippen molar-refractivity contribution >= 4 is 5.96 Å². The zero-order valence-corrected chi connectivity index (χ0v) is 17.2. The molecule has 0 amide bonds. The third-order valence-electron chi connectivity index (χ3n) is 6.15. The Morgan fingerprint density at radius 2 is 2.04 bits per heavy atom. The van der Waals surface area contributed by atoms with Crippen LogP contribution in [0.25, 0.3) is 0 Å². The fraction of sp³-hybridized carbons (Fsp3) is 0.850. The largest absolute Gasteiger partial charge is 0.356 e. The van der Waals surface area contributed by atoms with E-state index in [9.17, 15) is 4.79 Å². The summed E-state index contributed by atoms with van der Waals surface area (Å²) in [5, 5.41) is 11.5. The van der Waals surface area contributed by atoms with Gasteiger partial charge in [0.1, 0.15) is 5.82 Å². The van der Waals surface area contributed by atoms with Crippen molar-refractivity contribution in [1.82, 2.24) is 25.0 Å². The van der Waals surface area contributed by atoms with Gasteiger partial charge in [0.2, 0.25) is 0 Å². The van der Waals surface area contributed by atoms with E-state index in [0.29, 0.717) is 12.6 Å². The Morgan fingerprint density at radius 3 is 2.70 bits per heavy atom. The molecule has 1 aromatic rings. The number of nitrogens with zero attached hydrogens (tertiary/aromatic N) is 4. The number of nitrogens with one attached hydrogen (secondary N) is 2. The third-order valence-corrected chi connectivity index (χ3v) is 6.15. The molecule has 152 valence electrons. The Labute approximate surface area is 162 Å². The lowest BCUT2D eigenvalue weighted by atomic mass is 9.80. The van der Waals surface area contributed by atoms with Gasteiger partial charge in [-0.2, -0.15) is 5.10 Å². The number of hydrogen-bond acceptors (Lipinski definition) is 3. The van der Waals surface area contributed by atoms with E-state index in [0.717, 1.165) is 62.4 Å². The molecule has 1 aromatic heterocycles. The van der Waals surface area contributed by atoms with Gasteiger partial charge in [0.25, 0.3) is 0 Å². The molecule has 7 nitrogen and oxygen atoms in total. The third kappa shape index (κ3) is 5.14. The van der Waals surface area contributed by atoms with Crippen LogP contribution in [0.1, 0.15) is 64.6 Å². The fourth-order valence-corrected chi connectivity index (χ4v) is 4.35. The molecule has 0 atom stereocenters. The maximum atomic E-state index is 12.3. The number of aromatic nitrogens is 3. The highest BCUT2D eigenvalue weighted by molar-refractivity contribution is 5.79. The van der Waals surface area contributed by atoms with Crippen molar-refractivity contribution in [2.75, 3.05) is 13.6 Å². The van der Waals surface area contributed by atoms with Crippen LogP contribution in [-0.4, -0.2) is 39.9 Å². The van der Waals surface area contributed by atoms with Crippen LogP contribution in [0.15, 0.2) is 9.79 Å². The summed E-state index contributed by atoms with van der Waals surface area (Å²) >= 11 is 0. The smallest absolute Gasteiger partial charge is 0.345 e. The molecule has 0 aromatic carbocycles. The molecule has 2 heterocycles. The van der Waals surface area contributed by atoms with Crippen molar-refractivity contribution in [1.29, 1.82) is 0 Å². The van der Waals surface area contributed by atoms with Crippen LogP contribution < -0.4 is 16.3 Å². The lowest BCUT2D eigenvalue weighted by molar-refractivity contribution is 0.250. The van der Waals surface area contributed by atoms with Gasteiger partial charge in [-0.15, -0.1) is 0 Å². The maximum absolute atomic E-state index is 12.3. The van der Waals surface area contributed by atoms with E-state index in [4.69, 9.17) is 0 Å². The number of fused-ring (bicyclic) bond motifs is 1. The summed E-state index contributed by atoms with van der Waals surface area (Å²) < 4.78 is 3.47. The minimum atomic E-state index is 0.0501. The predicted octanol–water partition coefficient (Wildman–Crippen LogP) is 2.15. The average Bonchev–Trinajstić information content (AvgIpc) is 3.00. The second kappa shape index (κ2) is 9.42. The van der Waals surface area contributed by atoms with Crippen molar-refractivity contribution in [3.05, 3.63) is 16.3 Å². The standard InChI is InChI=1S/C20H36N6O/c1-15(2)16-8-10-17(11-9-16)23-19(21-3)22-12-6-14-26-20(27)25-13-5-4-7-18(25)24-26/h15-17H,4-14H2,1-3H3,(H2,21,22,23). The minimum absolute atomic E-state index is 0.0501. The number of hydrogen-bond donors (Lipinski definition) is 2. The number of rotatable bonds is 6. The highest BCUT2D eigenvalue weighted by Gasteiger charge is 2.23. The van der Waals surface area contributed by atoms with Crippen LogP contribution in [0.3, 0.4) is 0 Å². The van der Waals surface area contributed by atoms with E-state index in [1.807, 2.05) is 11.6 Å². The number of aliphatic imine (C=N–C) groups is 1. The van der Waals surface area contributed by atoms with Crippen molar-refractivity contribution < 1.29 is 0 Å². The lowest BCUT2D eigenvalue weighted by Gasteiger charge is -2.32. The van der Waals surface area contributed by atoms with Gasteiger partial charge >= 0.3 is 5.69 Å². The molecule has 1 aliphatic carbocycles. The SMILES string of the molecule is CN=C(NCCCn1nc2n(c1=O)CCCC2)NC1CCC(C(C)C)CC1. The average molecular weight is 377 g/mol. The quantitative estimate of drug-likeness (QED) is 0.453. The Bertz CT molecular complexity index is 681. The van der Waals surface area contributed by atoms with E-state index in [2.05, 4.69) is 34.6 Å². The number of guanidine groups is 1. The normalized spacial score (nSPS) is 23.3. The first kappa shape index (κ1) is 20.0. The summed E-state index contributed by atoms with van der Waals surface area (Å²) in [5.41, 5.74) is 0.0501. The molecule has 1 aliphatic heterocycles. The molecular formula is C20H36N6O. The van der Waals surface area contributed by atoms with Crippen molar-refractivity contribution in [2.45, 2.75) is 84.3 Å². The molecule has 0 bridgehead atoms. The number of aryl methyl sites for hydroxylation is 2. The van der Waals surface area contributed by atoms with Crippen LogP contribution in [-0.2, 0) is 19.5 Å². The van der Waals surface area contributed by atoms with Gasteiger partial charge in [-0.25, -0.2) is 9.48 Å². The summed E-state index contributed by atoms with van der Waals surface area (Å²) in [4.78, 5) is 16.7. The van der Waals surface area contributed by atoms with Gasteiger partial charge in [-0.1, -0.05) is 13.8 Å². The van der Waals surface area contributed by atoms with Crippen molar-refractivity contribution in [3.63, 3.8) is 0 Å². The summed E-state index contributed by atoms with van der Waals surface area (Å²) in [5.74, 6) is 3.49. The van der Waals surface area contributed by atoms with E-state index in [-0.39, 0.29) is 5.69 Å². The summed E-state index contributed by atoms with van der Waals surface area (Å²) in [7, 11) is 1.82. The van der Waals surface area contributed by atoms with Crippen LogP contribution in [0.4, 0.5) is 0 Å². The van der Waals surface area contributed by atoms with Gasteiger partial charge < -0.3 is 10.6 Å². The molecule has 2 aliphatic rings. The first-order valence-corrected chi connectivity index (χ1v) is 10.7. The zero-order valence-electron chi connectivity index (χ0n) is 17.2. The first-order chi connectivity index (χ1) is 13.1. The molecule has 7 heteroatoms. The molecule has 0 spiro atoms. The summed E-state index contributed by atoms with van der Waals surface area (Å²) in [6.07, 6.45) is 9.06. The van der Waals surface area contributed by atoms with Crippen LogP contribution in [0, 0.1) is 11.8 Å². The molecule has 1 fully saturated rings. The highest BCUT2D eigenvalue weighted by Crippen LogP contribution is 2.29. The molecule has 3 rings (SSSR count). The second-order valence-corrected chi connectivity index (χ2v) is 8.38. The molecule has 27 heavy (non-hydrogen) atoms. The van der Waals surface area contributed by atoms with Gasteiger partial charge in [0.15, 0.2) is 5.96 Å². The van der Waals surface area contributed by atoms with Gasteiger partial charge in [-0.3, -0.25) is 9.56 Å². The van der Waals surface area contributed by atoms with E-state index < -0.39 is 0 Å². The maximum Gasteiger partial charge on any atom is 0.345 e. The van der Waals surface area contributed by atoms with Gasteiger partial charge in [0.05, 0.1) is 0 Å². The van der Waals surface area contributed by atoms with E-state index in [1.54, 1.807) is 4.68 Å². The predicted molar refractivity (Wildman–Crippen MR) is 109 cm³/mol. The topological polar surface area (TPSA) is 76.2 Å². The van der Waals surface area contributed by atoms with Crippen molar-refractivity contribution in [2.24, 2.45) is 16.8 Å². The van der Waals surface area contributed by atoms with E-state index >= 15 is 0 Å². The van der Waals surface area contributed by atoms with Crippen LogP contribution in [0.5, 0.6) is 0 Å². The molecule has 2 N–H and O–H groups in total. The monoisotopic (exact) mass is 376 g/mol. The molecular weight excluding hydrogens is 340 g/mol. The lowest BCUT2D eigenvalue weighted by Crippen LogP contribution is -2.45. The Morgan fingerprint density at radius 1 is 1.26 bits per heavy atom. The second-order valence-electron chi connectivity index (χ2n) is 8.38. The summed E-state index contributed by atoms with van der Waals surface area (Å²) in [6.45, 7) is 6.93. The van der Waals surface area contributed by atoms with Crippen LogP contribution in [0.2, 0.25) is 0 Å². The minimum Gasteiger partial charge on any atom is -0.356 e. The van der Waals surface area contributed by atoms with E-state index in [1.165, 1.54) is 25.7 Å². The molecule has 1 saturated carbocycles. The fourth-order valence-electron chi connectivity index (χ4n) is 4.35. The van der Waals surface area contributed by atoms with Gasteiger partial charge in [0, 0.05) is 39.1 Å². The Kier molecular flexibility index (Phi) is 6.96. The first-order valence-electron chi connectivity index (χ1n) is 10.7.